The zero-order chi connectivity index (χ0) is 15.4. The van der Waals surface area contributed by atoms with Gasteiger partial charge in [-0.25, -0.2) is 4.68 Å². The summed E-state index contributed by atoms with van der Waals surface area (Å²) >= 11 is 0. The number of hydrogen-bond donors (Lipinski definition) is 1. The van der Waals surface area contributed by atoms with Crippen LogP contribution in [0.15, 0.2) is 18.0 Å². The van der Waals surface area contributed by atoms with Crippen LogP contribution in [0.3, 0.4) is 0 Å². The van der Waals surface area contributed by atoms with Crippen LogP contribution >= 0.6 is 0 Å². The van der Waals surface area contributed by atoms with Gasteiger partial charge in [0.2, 0.25) is 5.76 Å². The second-order valence-corrected chi connectivity index (χ2v) is 6.88. The Morgan fingerprint density at radius 2 is 2.22 bits per heavy atom. The Morgan fingerprint density at radius 1 is 1.35 bits per heavy atom. The number of fused-ring (bicyclic) bond motifs is 3. The van der Waals surface area contributed by atoms with Crippen LogP contribution in [0.25, 0.3) is 12.0 Å². The number of allylic oxidation sites excluding steroid dienone is 1. The number of piperidine rings is 3. The van der Waals surface area contributed by atoms with Crippen molar-refractivity contribution in [3.05, 3.63) is 29.3 Å². The normalized spacial score (nSPS) is 30.9. The molecule has 6 heteroatoms. The molecule has 1 atom stereocenters. The first-order valence-electron chi connectivity index (χ1n) is 8.48. The highest BCUT2D eigenvalue weighted by Gasteiger charge is 2.36. The SMILES string of the molecule is O=C(N[C@@H]1CN2CCC1CC2)C1=Cn2ncc3c2C(=CCC3)O1. The Morgan fingerprint density at radius 3 is 3.00 bits per heavy atom. The average molecular weight is 312 g/mol. The van der Waals surface area contributed by atoms with Crippen LogP contribution in [-0.2, 0) is 16.0 Å². The molecular weight excluding hydrogens is 292 g/mol. The van der Waals surface area contributed by atoms with Gasteiger partial charge in [0.15, 0.2) is 0 Å². The van der Waals surface area contributed by atoms with Gasteiger partial charge < -0.3 is 15.0 Å². The van der Waals surface area contributed by atoms with Crippen LogP contribution in [0.1, 0.15) is 30.5 Å². The summed E-state index contributed by atoms with van der Waals surface area (Å²) in [5, 5.41) is 7.54. The number of nitrogens with one attached hydrogen (secondary N) is 1. The summed E-state index contributed by atoms with van der Waals surface area (Å²) in [6.45, 7) is 3.30. The Bertz CT molecular complexity index is 725. The molecule has 1 aliphatic carbocycles. The highest BCUT2D eigenvalue weighted by atomic mass is 16.5. The molecular formula is C17H20N4O2. The molecule has 3 fully saturated rings. The molecule has 0 saturated carbocycles. The van der Waals surface area contributed by atoms with Crippen LogP contribution in [-0.4, -0.2) is 46.3 Å². The number of aryl methyl sites for hydroxylation is 1. The number of nitrogens with zero attached hydrogens (tertiary/aromatic N) is 3. The lowest BCUT2D eigenvalue weighted by atomic mass is 9.84. The fourth-order valence-corrected chi connectivity index (χ4v) is 4.22. The van der Waals surface area contributed by atoms with Crippen molar-refractivity contribution < 1.29 is 9.53 Å². The lowest BCUT2D eigenvalue weighted by molar-refractivity contribution is -0.121. The Balaban J connectivity index is 1.38. The minimum absolute atomic E-state index is 0.127. The van der Waals surface area contributed by atoms with Crippen LogP contribution in [0.4, 0.5) is 0 Å². The Hall–Kier alpha value is -2.08. The van der Waals surface area contributed by atoms with Crippen molar-refractivity contribution in [2.45, 2.75) is 31.7 Å². The third-order valence-corrected chi connectivity index (χ3v) is 5.50. The summed E-state index contributed by atoms with van der Waals surface area (Å²) in [7, 11) is 0. The van der Waals surface area contributed by atoms with E-state index in [0.29, 0.717) is 11.7 Å². The molecule has 6 nitrogen and oxygen atoms in total. The van der Waals surface area contributed by atoms with Gasteiger partial charge in [-0.2, -0.15) is 5.10 Å². The summed E-state index contributed by atoms with van der Waals surface area (Å²) in [5.74, 6) is 1.59. The highest BCUT2D eigenvalue weighted by molar-refractivity contribution is 5.96. The summed E-state index contributed by atoms with van der Waals surface area (Å²) in [6.07, 6.45) is 9.91. The molecule has 0 unspecified atom stereocenters. The number of rotatable bonds is 2. The van der Waals surface area contributed by atoms with Crippen LogP contribution < -0.4 is 5.32 Å². The van der Waals surface area contributed by atoms with Gasteiger partial charge in [-0.15, -0.1) is 0 Å². The first-order valence-corrected chi connectivity index (χ1v) is 8.48. The lowest BCUT2D eigenvalue weighted by Gasteiger charge is -2.45. The molecule has 0 radical (unpaired) electrons. The largest absolute Gasteiger partial charge is 0.448 e. The number of amides is 1. The predicted octanol–water partition coefficient (Wildman–Crippen LogP) is 1.21. The van der Waals surface area contributed by atoms with Crippen molar-refractivity contribution in [1.29, 1.82) is 0 Å². The molecule has 23 heavy (non-hydrogen) atoms. The number of ether oxygens (including phenoxy) is 1. The molecule has 6 rings (SSSR count). The van der Waals surface area contributed by atoms with Gasteiger partial charge in [-0.05, 0) is 50.8 Å². The minimum Gasteiger partial charge on any atom is -0.448 e. The van der Waals surface area contributed by atoms with E-state index in [9.17, 15) is 4.79 Å². The molecule has 5 aliphatic rings. The van der Waals surface area contributed by atoms with Crippen molar-refractivity contribution >= 4 is 17.9 Å². The van der Waals surface area contributed by atoms with Crippen LogP contribution in [0.2, 0.25) is 0 Å². The maximum absolute atomic E-state index is 12.6. The summed E-state index contributed by atoms with van der Waals surface area (Å²) in [5.41, 5.74) is 2.19. The van der Waals surface area contributed by atoms with Gasteiger partial charge in [0, 0.05) is 18.2 Å². The zero-order valence-electron chi connectivity index (χ0n) is 13.0. The van der Waals surface area contributed by atoms with E-state index in [0.717, 1.165) is 30.8 Å². The number of hydrogen-bond acceptors (Lipinski definition) is 4. The molecule has 120 valence electrons. The van der Waals surface area contributed by atoms with Crippen molar-refractivity contribution in [2.24, 2.45) is 5.92 Å². The van der Waals surface area contributed by atoms with Crippen LogP contribution in [0, 0.1) is 5.92 Å². The quantitative estimate of drug-likeness (QED) is 0.892. The van der Waals surface area contributed by atoms with Gasteiger partial charge in [-0.3, -0.25) is 4.79 Å². The standard InChI is InChI=1S/C17H20N4O2/c22-17(19-13-9-20-6-4-11(13)5-7-20)15-10-21-16-12(8-18-21)2-1-3-14(16)23-15/h3,8,10-11,13H,1-2,4-7,9H2,(H,19,22)/t13-/m1/s1. The second kappa shape index (κ2) is 4.96. The van der Waals surface area contributed by atoms with Crippen molar-refractivity contribution in [3.8, 4) is 0 Å². The van der Waals surface area contributed by atoms with E-state index in [1.165, 1.54) is 31.5 Å². The van der Waals surface area contributed by atoms with Gasteiger partial charge in [0.05, 0.1) is 12.4 Å². The second-order valence-electron chi connectivity index (χ2n) is 6.88. The predicted molar refractivity (Wildman–Crippen MR) is 85.0 cm³/mol. The van der Waals surface area contributed by atoms with Gasteiger partial charge in [0.1, 0.15) is 11.5 Å². The molecule has 0 spiro atoms. The molecule has 0 aromatic carbocycles. The van der Waals surface area contributed by atoms with E-state index in [2.05, 4.69) is 21.4 Å². The first-order chi connectivity index (χ1) is 11.3. The summed E-state index contributed by atoms with van der Waals surface area (Å²) < 4.78 is 7.64. The smallest absolute Gasteiger partial charge is 0.288 e. The third-order valence-electron chi connectivity index (χ3n) is 5.50. The first kappa shape index (κ1) is 13.4. The fourth-order valence-electron chi connectivity index (χ4n) is 4.22. The van der Waals surface area contributed by atoms with Crippen LogP contribution in [0.5, 0.6) is 0 Å². The molecule has 1 N–H and O–H groups in total. The molecule has 1 aromatic rings. The summed E-state index contributed by atoms with van der Waals surface area (Å²) in [4.78, 5) is 15.1. The third kappa shape index (κ3) is 2.12. The molecule has 4 aliphatic heterocycles. The van der Waals surface area contributed by atoms with Gasteiger partial charge in [-0.1, -0.05) is 0 Å². The van der Waals surface area contributed by atoms with Crippen molar-refractivity contribution in [2.75, 3.05) is 19.6 Å². The molecule has 3 saturated heterocycles. The van der Waals surface area contributed by atoms with Crippen molar-refractivity contribution in [1.82, 2.24) is 20.0 Å². The molecule has 5 heterocycles. The summed E-state index contributed by atoms with van der Waals surface area (Å²) in [6, 6.07) is 0.240. The Labute approximate surface area is 134 Å². The molecule has 1 amide bonds. The molecule has 2 bridgehead atoms. The number of carbonyl (C=O) groups is 1. The maximum Gasteiger partial charge on any atom is 0.288 e. The van der Waals surface area contributed by atoms with Gasteiger partial charge in [0.25, 0.3) is 5.91 Å². The van der Waals surface area contributed by atoms with E-state index >= 15 is 0 Å². The van der Waals surface area contributed by atoms with E-state index in [1.54, 1.807) is 10.9 Å². The number of aromatic nitrogens is 2. The van der Waals surface area contributed by atoms with Gasteiger partial charge >= 0.3 is 0 Å². The van der Waals surface area contributed by atoms with E-state index in [-0.39, 0.29) is 11.9 Å². The van der Waals surface area contributed by atoms with Crippen molar-refractivity contribution in [3.63, 3.8) is 0 Å². The fraction of sp³-hybridized carbons (Fsp3) is 0.529. The lowest BCUT2D eigenvalue weighted by Crippen LogP contribution is -2.57. The minimum atomic E-state index is -0.127. The van der Waals surface area contributed by atoms with E-state index < -0.39 is 0 Å². The van der Waals surface area contributed by atoms with E-state index in [4.69, 9.17) is 4.74 Å². The Kier molecular flexibility index (Phi) is 2.88. The topological polar surface area (TPSA) is 59.4 Å². The average Bonchev–Trinajstić information content (AvgIpc) is 3.01. The molecule has 1 aromatic heterocycles. The number of carbonyl (C=O) groups excluding carboxylic acids is 1. The highest BCUT2D eigenvalue weighted by Crippen LogP contribution is 2.33. The monoisotopic (exact) mass is 312 g/mol. The van der Waals surface area contributed by atoms with E-state index in [1.807, 2.05) is 6.20 Å². The zero-order valence-corrected chi connectivity index (χ0v) is 13.0. The maximum atomic E-state index is 12.6.